The summed E-state index contributed by atoms with van der Waals surface area (Å²) in [7, 11) is 0. The van der Waals surface area contributed by atoms with E-state index in [0.29, 0.717) is 19.0 Å². The number of rotatable bonds is 1. The quantitative estimate of drug-likeness (QED) is 0.865. The van der Waals surface area contributed by atoms with Crippen LogP contribution in [0.1, 0.15) is 17.1 Å². The Labute approximate surface area is 118 Å². The molecule has 5 nitrogen and oxygen atoms in total. The summed E-state index contributed by atoms with van der Waals surface area (Å²) in [6.07, 6.45) is 1.80. The van der Waals surface area contributed by atoms with Gasteiger partial charge in [-0.25, -0.2) is 0 Å². The maximum absolute atomic E-state index is 5.62. The van der Waals surface area contributed by atoms with Gasteiger partial charge < -0.3 is 14.6 Å². The van der Waals surface area contributed by atoms with Crippen LogP contribution in [0.4, 0.5) is 0 Å². The van der Waals surface area contributed by atoms with E-state index in [1.165, 1.54) is 0 Å². The predicted molar refractivity (Wildman–Crippen MR) is 75.3 cm³/mol. The van der Waals surface area contributed by atoms with Crippen LogP contribution >= 0.6 is 12.4 Å². The molecule has 0 atom stereocenters. The Morgan fingerprint density at radius 2 is 2.00 bits per heavy atom. The van der Waals surface area contributed by atoms with Gasteiger partial charge in [0.1, 0.15) is 12.3 Å². The van der Waals surface area contributed by atoms with Crippen LogP contribution in [-0.2, 0) is 6.54 Å². The molecule has 0 bridgehead atoms. The zero-order valence-electron chi connectivity index (χ0n) is 11.0. The molecule has 0 radical (unpaired) electrons. The van der Waals surface area contributed by atoms with Gasteiger partial charge in [0.2, 0.25) is 5.88 Å². The van der Waals surface area contributed by atoms with E-state index in [2.05, 4.69) is 45.8 Å². The summed E-state index contributed by atoms with van der Waals surface area (Å²) in [6.45, 7) is 6.29. The van der Waals surface area contributed by atoms with Crippen LogP contribution in [0.15, 0.2) is 18.3 Å². The van der Waals surface area contributed by atoms with Crippen molar-refractivity contribution in [1.29, 1.82) is 0 Å². The molecular formula is C13H17ClN4O. The fourth-order valence-corrected chi connectivity index (χ4v) is 2.19. The van der Waals surface area contributed by atoms with E-state index in [1.807, 2.05) is 0 Å². The molecule has 1 aliphatic heterocycles. The number of ether oxygens (including phenoxy) is 1. The second-order valence-electron chi connectivity index (χ2n) is 4.46. The van der Waals surface area contributed by atoms with Crippen molar-refractivity contribution in [2.75, 3.05) is 13.2 Å². The molecule has 0 aliphatic carbocycles. The Balaban J connectivity index is 0.00000133. The smallest absolute Gasteiger partial charge is 0.239 e. The molecule has 2 aromatic rings. The van der Waals surface area contributed by atoms with E-state index in [4.69, 9.17) is 4.74 Å². The molecule has 2 aromatic heterocycles. The van der Waals surface area contributed by atoms with Crippen molar-refractivity contribution in [3.05, 3.63) is 35.4 Å². The van der Waals surface area contributed by atoms with Gasteiger partial charge in [-0.3, -0.25) is 4.98 Å². The summed E-state index contributed by atoms with van der Waals surface area (Å²) in [5.74, 6) is 1.46. The molecule has 0 fully saturated rings. The van der Waals surface area contributed by atoms with Crippen molar-refractivity contribution >= 4 is 12.4 Å². The Morgan fingerprint density at radius 1 is 1.26 bits per heavy atom. The highest BCUT2D eigenvalue weighted by molar-refractivity contribution is 5.85. The summed E-state index contributed by atoms with van der Waals surface area (Å²) in [5, 5.41) is 3.25. The third kappa shape index (κ3) is 2.57. The third-order valence-corrected chi connectivity index (χ3v) is 3.11. The minimum Gasteiger partial charge on any atom is -0.475 e. The van der Waals surface area contributed by atoms with Crippen LogP contribution in [-0.4, -0.2) is 27.7 Å². The molecule has 1 aliphatic rings. The van der Waals surface area contributed by atoms with Gasteiger partial charge in [-0.05, 0) is 26.0 Å². The van der Waals surface area contributed by atoms with Gasteiger partial charge in [0.15, 0.2) is 5.82 Å². The van der Waals surface area contributed by atoms with Crippen LogP contribution < -0.4 is 10.1 Å². The molecule has 3 heterocycles. The number of nitrogens with one attached hydrogen (secondary N) is 1. The highest BCUT2D eigenvalue weighted by atomic mass is 35.5. The van der Waals surface area contributed by atoms with Crippen molar-refractivity contribution in [2.24, 2.45) is 0 Å². The molecular weight excluding hydrogens is 264 g/mol. The lowest BCUT2D eigenvalue weighted by Gasteiger charge is -2.11. The van der Waals surface area contributed by atoms with Gasteiger partial charge in [-0.1, -0.05) is 0 Å². The second-order valence-corrected chi connectivity index (χ2v) is 4.46. The monoisotopic (exact) mass is 280 g/mol. The molecule has 1 N–H and O–H groups in total. The summed E-state index contributed by atoms with van der Waals surface area (Å²) in [6, 6.07) is 4.15. The lowest BCUT2D eigenvalue weighted by Crippen LogP contribution is -2.16. The maximum Gasteiger partial charge on any atom is 0.239 e. The van der Waals surface area contributed by atoms with E-state index in [-0.39, 0.29) is 12.4 Å². The van der Waals surface area contributed by atoms with Crippen molar-refractivity contribution in [2.45, 2.75) is 20.4 Å². The van der Waals surface area contributed by atoms with Crippen LogP contribution in [0, 0.1) is 13.8 Å². The number of aryl methyl sites for hydroxylation is 2. The SMILES string of the molecule is Cc1ccc(C)n1-c1cnc2c(n1)OCCNC2.Cl. The first kappa shape index (κ1) is 13.8. The second kappa shape index (κ2) is 5.59. The predicted octanol–water partition coefficient (Wildman–Crippen LogP) is 1.79. The zero-order valence-corrected chi connectivity index (χ0v) is 11.8. The summed E-state index contributed by atoms with van der Waals surface area (Å²) < 4.78 is 7.70. The third-order valence-electron chi connectivity index (χ3n) is 3.11. The Kier molecular flexibility index (Phi) is 4.07. The number of hydrogen-bond donors (Lipinski definition) is 1. The van der Waals surface area contributed by atoms with Gasteiger partial charge in [0, 0.05) is 24.5 Å². The van der Waals surface area contributed by atoms with Gasteiger partial charge in [-0.15, -0.1) is 12.4 Å². The minimum absolute atomic E-state index is 0. The highest BCUT2D eigenvalue weighted by Gasteiger charge is 2.14. The van der Waals surface area contributed by atoms with Crippen molar-refractivity contribution in [3.63, 3.8) is 0 Å². The Morgan fingerprint density at radius 3 is 2.74 bits per heavy atom. The number of nitrogens with zero attached hydrogens (tertiary/aromatic N) is 3. The molecule has 0 saturated carbocycles. The maximum atomic E-state index is 5.62. The first-order valence-corrected chi connectivity index (χ1v) is 6.10. The average Bonchev–Trinajstić information content (AvgIpc) is 2.59. The van der Waals surface area contributed by atoms with Gasteiger partial charge >= 0.3 is 0 Å². The van der Waals surface area contributed by atoms with Crippen LogP contribution in [0.2, 0.25) is 0 Å². The summed E-state index contributed by atoms with van der Waals surface area (Å²) >= 11 is 0. The van der Waals surface area contributed by atoms with E-state index >= 15 is 0 Å². The zero-order chi connectivity index (χ0) is 12.5. The molecule has 0 unspecified atom stereocenters. The number of fused-ring (bicyclic) bond motifs is 1. The fourth-order valence-electron chi connectivity index (χ4n) is 2.19. The molecule has 0 amide bonds. The minimum atomic E-state index is 0. The molecule has 6 heteroatoms. The van der Waals surface area contributed by atoms with Gasteiger partial charge in [0.05, 0.1) is 6.20 Å². The normalized spacial score (nSPS) is 14.0. The topological polar surface area (TPSA) is 52.0 Å². The van der Waals surface area contributed by atoms with Gasteiger partial charge in [0.25, 0.3) is 0 Å². The number of aromatic nitrogens is 3. The van der Waals surface area contributed by atoms with E-state index in [1.54, 1.807) is 6.20 Å². The van der Waals surface area contributed by atoms with Crippen LogP contribution in [0.25, 0.3) is 5.82 Å². The fraction of sp³-hybridized carbons (Fsp3) is 0.385. The largest absolute Gasteiger partial charge is 0.475 e. The van der Waals surface area contributed by atoms with Gasteiger partial charge in [-0.2, -0.15) is 4.98 Å². The first-order chi connectivity index (χ1) is 8.75. The van der Waals surface area contributed by atoms with E-state index in [0.717, 1.165) is 29.4 Å². The number of halogens is 1. The standard InChI is InChI=1S/C13H16N4O.ClH/c1-9-3-4-10(2)17(9)12-8-15-11-7-14-5-6-18-13(11)16-12;/h3-4,8,14H,5-7H2,1-2H3;1H. The molecule has 19 heavy (non-hydrogen) atoms. The van der Waals surface area contributed by atoms with Crippen LogP contribution in [0.5, 0.6) is 5.88 Å². The lowest BCUT2D eigenvalue weighted by atomic mass is 10.4. The van der Waals surface area contributed by atoms with E-state index in [9.17, 15) is 0 Å². The van der Waals surface area contributed by atoms with Crippen LogP contribution in [0.3, 0.4) is 0 Å². The summed E-state index contributed by atoms with van der Waals surface area (Å²) in [5.41, 5.74) is 3.17. The van der Waals surface area contributed by atoms with Crippen molar-refractivity contribution in [3.8, 4) is 11.7 Å². The van der Waals surface area contributed by atoms with Crippen molar-refractivity contribution < 1.29 is 4.74 Å². The average molecular weight is 281 g/mol. The Hall–Kier alpha value is -1.59. The molecule has 3 rings (SSSR count). The van der Waals surface area contributed by atoms with Crippen molar-refractivity contribution in [1.82, 2.24) is 19.9 Å². The van der Waals surface area contributed by atoms with E-state index < -0.39 is 0 Å². The molecule has 0 spiro atoms. The first-order valence-electron chi connectivity index (χ1n) is 6.10. The highest BCUT2D eigenvalue weighted by Crippen LogP contribution is 2.20. The molecule has 0 saturated heterocycles. The molecule has 0 aromatic carbocycles. The summed E-state index contributed by atoms with van der Waals surface area (Å²) in [4.78, 5) is 9.02. The Bertz CT molecular complexity index is 563. The lowest BCUT2D eigenvalue weighted by molar-refractivity contribution is 0.312. The molecule has 102 valence electrons. The number of hydrogen-bond acceptors (Lipinski definition) is 4.